The topological polar surface area (TPSA) is 125 Å². The average molecular weight is 409 g/mol. The molecule has 1 heterocycles. The van der Waals surface area contributed by atoms with Crippen LogP contribution in [0.4, 0.5) is 13.8 Å². The maximum absolute atomic E-state index is 13.0. The minimum Gasteiger partial charge on any atom is -0.391 e. The van der Waals surface area contributed by atoms with Crippen LogP contribution in [0.1, 0.15) is 27.7 Å². The number of rotatable bonds is 5. The first kappa shape index (κ1) is 21.3. The largest absolute Gasteiger partial charge is 0.391 e. The molecule has 0 saturated heterocycles. The van der Waals surface area contributed by atoms with Crippen LogP contribution in [-0.4, -0.2) is 40.2 Å². The molecule has 2 atom stereocenters. The monoisotopic (exact) mass is 409 g/mol. The molecule has 148 valence electrons. The maximum Gasteiger partial charge on any atom is 0.269 e. The third-order valence-electron chi connectivity index (χ3n) is 3.78. The number of amides is 2. The number of hydroxylamine groups is 1. The molecule has 1 aromatic heterocycles. The van der Waals surface area contributed by atoms with E-state index in [1.54, 1.807) is 12.1 Å². The number of hydrogen-bond donors (Lipinski definition) is 5. The molecule has 10 heteroatoms. The van der Waals surface area contributed by atoms with Gasteiger partial charge in [0.25, 0.3) is 18.2 Å². The summed E-state index contributed by atoms with van der Waals surface area (Å²) in [6.07, 6.45) is -3.35. The van der Waals surface area contributed by atoms with Crippen LogP contribution in [-0.2, 0) is 4.79 Å². The predicted molar refractivity (Wildman–Crippen MR) is 99.0 cm³/mol. The smallest absolute Gasteiger partial charge is 0.269 e. The van der Waals surface area contributed by atoms with Crippen molar-refractivity contribution in [1.82, 2.24) is 10.8 Å². The van der Waals surface area contributed by atoms with Crippen LogP contribution >= 0.6 is 11.3 Å². The summed E-state index contributed by atoms with van der Waals surface area (Å²) >= 11 is 1.33. The highest BCUT2D eigenvalue weighted by atomic mass is 32.1. The molecule has 0 aliphatic rings. The first-order chi connectivity index (χ1) is 13.1. The normalized spacial score (nSPS) is 13.8. The second-order valence-corrected chi connectivity index (χ2v) is 7.05. The molecule has 2 rings (SSSR count). The van der Waals surface area contributed by atoms with Gasteiger partial charge in [-0.15, -0.1) is 11.3 Å². The summed E-state index contributed by atoms with van der Waals surface area (Å²) in [5.41, 5.74) is 4.52. The number of alkyl halides is 2. The van der Waals surface area contributed by atoms with Gasteiger partial charge < -0.3 is 16.2 Å². The third kappa shape index (κ3) is 5.04. The minimum atomic E-state index is -3.35. The Balaban J connectivity index is 2.15. The molecule has 1 unspecified atom stereocenters. The fraction of sp³-hybridized carbons (Fsp3) is 0.222. The molecule has 0 fully saturated rings. The van der Waals surface area contributed by atoms with Crippen LogP contribution in [0, 0.1) is 11.8 Å². The molecule has 28 heavy (non-hydrogen) atoms. The lowest BCUT2D eigenvalue weighted by Crippen LogP contribution is -2.61. The van der Waals surface area contributed by atoms with Crippen LogP contribution in [0.3, 0.4) is 0 Å². The molecule has 6 N–H and O–H groups in total. The summed E-state index contributed by atoms with van der Waals surface area (Å²) in [4.78, 5) is 24.6. The first-order valence-electron chi connectivity index (χ1n) is 7.88. The number of thiophene rings is 1. The molecule has 0 aliphatic carbocycles. The van der Waals surface area contributed by atoms with Gasteiger partial charge in [-0.3, -0.25) is 14.8 Å². The van der Waals surface area contributed by atoms with Gasteiger partial charge in [-0.1, -0.05) is 11.8 Å². The summed E-state index contributed by atoms with van der Waals surface area (Å²) < 4.78 is 26.0. The van der Waals surface area contributed by atoms with E-state index in [2.05, 4.69) is 11.8 Å². The Labute approximate surface area is 163 Å². The lowest BCUT2D eigenvalue weighted by molar-refractivity contribution is -0.149. The highest BCUT2D eigenvalue weighted by molar-refractivity contribution is 7.16. The molecular formula is C18H17F2N3O4S. The predicted octanol–water partition coefficient (Wildman–Crippen LogP) is 1.35. The number of nitrogens with one attached hydrogen (secondary N) is 2. The quantitative estimate of drug-likeness (QED) is 0.290. The number of nitrogen functional groups attached to an aromatic ring is 1. The van der Waals surface area contributed by atoms with Crippen molar-refractivity contribution in [1.29, 1.82) is 0 Å². The SMILES string of the molecule is CC(O)(C(F)F)[C@H](NC(=O)c1ccc(C#Cc2ccc(N)s2)cc1)C(=O)NO. The summed E-state index contributed by atoms with van der Waals surface area (Å²) in [5.74, 6) is 3.53. The number of anilines is 1. The van der Waals surface area contributed by atoms with Gasteiger partial charge in [-0.05, 0) is 43.3 Å². The molecule has 2 amide bonds. The van der Waals surface area contributed by atoms with Crippen LogP contribution in [0.25, 0.3) is 0 Å². The number of carbonyl (C=O) groups is 2. The summed E-state index contributed by atoms with van der Waals surface area (Å²) in [6.45, 7) is 0.674. The Morgan fingerprint density at radius 1 is 1.18 bits per heavy atom. The van der Waals surface area contributed by atoms with Gasteiger partial charge in [0, 0.05) is 11.1 Å². The second kappa shape index (κ2) is 8.79. The summed E-state index contributed by atoms with van der Waals surface area (Å²) in [5, 5.41) is 21.1. The molecular weight excluding hydrogens is 392 g/mol. The van der Waals surface area contributed by atoms with E-state index in [0.717, 1.165) is 10.4 Å². The van der Waals surface area contributed by atoms with E-state index in [1.165, 1.54) is 35.6 Å². The number of aliphatic hydroxyl groups is 1. The Bertz CT molecular complexity index is 917. The van der Waals surface area contributed by atoms with Crippen molar-refractivity contribution >= 4 is 28.2 Å². The van der Waals surface area contributed by atoms with Crippen molar-refractivity contribution in [2.45, 2.75) is 25.0 Å². The Kier molecular flexibility index (Phi) is 6.69. The Hall–Kier alpha value is -3.00. The lowest BCUT2D eigenvalue weighted by Gasteiger charge is -2.30. The number of benzene rings is 1. The zero-order valence-corrected chi connectivity index (χ0v) is 15.4. The van der Waals surface area contributed by atoms with Gasteiger partial charge in [0.15, 0.2) is 5.60 Å². The van der Waals surface area contributed by atoms with Crippen LogP contribution in [0.5, 0.6) is 0 Å². The van der Waals surface area contributed by atoms with E-state index >= 15 is 0 Å². The minimum absolute atomic E-state index is 0.0479. The number of nitrogens with two attached hydrogens (primary N) is 1. The van der Waals surface area contributed by atoms with Crippen molar-refractivity contribution in [3.63, 3.8) is 0 Å². The Morgan fingerprint density at radius 2 is 1.82 bits per heavy atom. The van der Waals surface area contributed by atoms with Gasteiger partial charge >= 0.3 is 0 Å². The average Bonchev–Trinajstić information content (AvgIpc) is 3.09. The molecule has 1 aromatic carbocycles. The molecule has 2 aromatic rings. The van der Waals surface area contributed by atoms with Gasteiger partial charge in [0.2, 0.25) is 0 Å². The van der Waals surface area contributed by atoms with E-state index in [0.29, 0.717) is 17.5 Å². The molecule has 0 radical (unpaired) electrons. The highest BCUT2D eigenvalue weighted by Gasteiger charge is 2.46. The highest BCUT2D eigenvalue weighted by Crippen LogP contribution is 2.20. The molecule has 0 spiro atoms. The van der Waals surface area contributed by atoms with Gasteiger partial charge in [0.1, 0.15) is 6.04 Å². The van der Waals surface area contributed by atoms with Crippen molar-refractivity contribution < 1.29 is 28.7 Å². The molecule has 0 bridgehead atoms. The molecule has 7 nitrogen and oxygen atoms in total. The van der Waals surface area contributed by atoms with Crippen LogP contribution in [0.15, 0.2) is 36.4 Å². The van der Waals surface area contributed by atoms with Crippen molar-refractivity contribution in [2.75, 3.05) is 5.73 Å². The van der Waals surface area contributed by atoms with Gasteiger partial charge in [-0.2, -0.15) is 0 Å². The van der Waals surface area contributed by atoms with E-state index in [1.807, 2.05) is 5.32 Å². The van der Waals surface area contributed by atoms with Gasteiger partial charge in [0.05, 0.1) is 9.88 Å². The Morgan fingerprint density at radius 3 is 2.32 bits per heavy atom. The van der Waals surface area contributed by atoms with Crippen molar-refractivity contribution in [3.05, 3.63) is 52.4 Å². The standard InChI is InChI=1S/C18H17F2N3O4S/c1-18(26,17(19)20)14(16(25)23-27)22-15(24)11-5-2-10(3-6-11)4-7-12-8-9-13(21)28-12/h2-3,5-6,8-9,14,17,26-27H,21H2,1H3,(H,22,24)(H,23,25)/t14-,18?/m1/s1. The number of halogens is 2. The third-order valence-corrected chi connectivity index (χ3v) is 4.61. The molecule has 0 aliphatic heterocycles. The van der Waals surface area contributed by atoms with Crippen molar-refractivity contribution in [3.8, 4) is 11.8 Å². The lowest BCUT2D eigenvalue weighted by atomic mass is 9.95. The van der Waals surface area contributed by atoms with Gasteiger partial charge in [-0.25, -0.2) is 14.3 Å². The van der Waals surface area contributed by atoms with Crippen LogP contribution < -0.4 is 16.5 Å². The zero-order chi connectivity index (χ0) is 20.9. The fourth-order valence-electron chi connectivity index (χ4n) is 2.14. The fourth-order valence-corrected chi connectivity index (χ4v) is 2.77. The maximum atomic E-state index is 13.0. The number of hydrogen-bond acceptors (Lipinski definition) is 6. The molecule has 0 saturated carbocycles. The zero-order valence-electron chi connectivity index (χ0n) is 14.6. The number of carbonyl (C=O) groups excluding carboxylic acids is 2. The first-order valence-corrected chi connectivity index (χ1v) is 8.69. The summed E-state index contributed by atoms with van der Waals surface area (Å²) in [6, 6.07) is 7.26. The second-order valence-electron chi connectivity index (χ2n) is 5.94. The van der Waals surface area contributed by atoms with E-state index in [4.69, 9.17) is 10.9 Å². The van der Waals surface area contributed by atoms with Crippen LogP contribution in [0.2, 0.25) is 0 Å². The van der Waals surface area contributed by atoms with E-state index < -0.39 is 29.9 Å². The summed E-state index contributed by atoms with van der Waals surface area (Å²) in [7, 11) is 0. The van der Waals surface area contributed by atoms with Crippen molar-refractivity contribution in [2.24, 2.45) is 0 Å². The van der Waals surface area contributed by atoms with E-state index in [9.17, 15) is 23.5 Å². The van der Waals surface area contributed by atoms with E-state index in [-0.39, 0.29) is 5.56 Å².